The second kappa shape index (κ2) is 12.0. The lowest BCUT2D eigenvalue weighted by atomic mass is 10.00. The number of pyridine rings is 1. The number of nitrogens with zero attached hydrogens (tertiary/aromatic N) is 5. The van der Waals surface area contributed by atoms with Crippen LogP contribution in [-0.4, -0.2) is 86.7 Å². The van der Waals surface area contributed by atoms with E-state index in [1.54, 1.807) is 10.5 Å². The number of likely N-dealkylation sites (tertiary alicyclic amines) is 1. The smallest absolute Gasteiger partial charge is 0.216 e. The SMILES string of the molecule is CCNC(=NCCS(=O)(=O)N1CCN(c2ccccn2)CC1)N1CCC(C)CC1.I. The largest absolute Gasteiger partial charge is 0.357 e. The van der Waals surface area contributed by atoms with Crippen LogP contribution in [-0.2, 0) is 10.0 Å². The highest BCUT2D eigenvalue weighted by atomic mass is 127. The van der Waals surface area contributed by atoms with E-state index in [1.165, 1.54) is 0 Å². The van der Waals surface area contributed by atoms with E-state index in [2.05, 4.69) is 32.0 Å². The minimum atomic E-state index is -3.31. The van der Waals surface area contributed by atoms with Gasteiger partial charge in [-0.05, 0) is 37.8 Å². The minimum Gasteiger partial charge on any atom is -0.357 e. The molecule has 2 fully saturated rings. The standard InChI is InChI=1S/C20H34N6O2S.HI/c1-3-21-20(25-11-7-18(2)8-12-25)23-10-17-29(27,28)26-15-13-24(14-16-26)19-6-4-5-9-22-19;/h4-6,9,18H,3,7-8,10-17H2,1-2H3,(H,21,23);1H. The van der Waals surface area contributed by atoms with E-state index in [1.807, 2.05) is 25.1 Å². The normalized spacial score (nSPS) is 19.5. The van der Waals surface area contributed by atoms with Gasteiger partial charge in [-0.25, -0.2) is 13.4 Å². The van der Waals surface area contributed by atoms with Gasteiger partial charge < -0.3 is 15.1 Å². The first-order valence-corrected chi connectivity index (χ1v) is 12.3. The maximum atomic E-state index is 12.8. The van der Waals surface area contributed by atoms with Crippen molar-refractivity contribution in [2.75, 3.05) is 63.0 Å². The van der Waals surface area contributed by atoms with Crippen LogP contribution in [0.1, 0.15) is 26.7 Å². The van der Waals surface area contributed by atoms with Crippen LogP contribution in [0.25, 0.3) is 0 Å². The zero-order chi connectivity index (χ0) is 20.7. The van der Waals surface area contributed by atoms with Crippen LogP contribution < -0.4 is 10.2 Å². The maximum absolute atomic E-state index is 12.8. The Labute approximate surface area is 198 Å². The van der Waals surface area contributed by atoms with Gasteiger partial charge in [-0.2, -0.15) is 4.31 Å². The van der Waals surface area contributed by atoms with Crippen LogP contribution in [0.4, 0.5) is 5.82 Å². The first kappa shape index (κ1) is 25.1. The van der Waals surface area contributed by atoms with E-state index >= 15 is 0 Å². The van der Waals surface area contributed by atoms with Gasteiger partial charge in [0.25, 0.3) is 0 Å². The number of nitrogens with one attached hydrogen (secondary N) is 1. The lowest BCUT2D eigenvalue weighted by Crippen LogP contribution is -2.50. The molecule has 2 aliphatic heterocycles. The van der Waals surface area contributed by atoms with Crippen molar-refractivity contribution in [3.8, 4) is 0 Å². The van der Waals surface area contributed by atoms with Crippen molar-refractivity contribution in [1.82, 2.24) is 19.5 Å². The van der Waals surface area contributed by atoms with Crippen molar-refractivity contribution in [1.29, 1.82) is 0 Å². The number of aliphatic imine (C=N–C) groups is 1. The number of hydrogen-bond acceptors (Lipinski definition) is 5. The average molecular weight is 551 g/mol. The fourth-order valence-electron chi connectivity index (χ4n) is 3.78. The lowest BCUT2D eigenvalue weighted by Gasteiger charge is -2.34. The van der Waals surface area contributed by atoms with Crippen molar-refractivity contribution < 1.29 is 8.42 Å². The summed E-state index contributed by atoms with van der Waals surface area (Å²) in [4.78, 5) is 13.3. The molecule has 3 heterocycles. The second-order valence-corrected chi connectivity index (χ2v) is 9.88. The third-order valence-electron chi connectivity index (χ3n) is 5.63. The first-order chi connectivity index (χ1) is 14.0. The highest BCUT2D eigenvalue weighted by molar-refractivity contribution is 14.0. The van der Waals surface area contributed by atoms with Crippen molar-refractivity contribution in [2.24, 2.45) is 10.9 Å². The van der Waals surface area contributed by atoms with Gasteiger partial charge in [0, 0.05) is 52.0 Å². The molecule has 1 aromatic heterocycles. The van der Waals surface area contributed by atoms with E-state index < -0.39 is 10.0 Å². The van der Waals surface area contributed by atoms with E-state index in [4.69, 9.17) is 0 Å². The summed E-state index contributed by atoms with van der Waals surface area (Å²) in [5.74, 6) is 2.55. The minimum absolute atomic E-state index is 0. The molecule has 0 spiro atoms. The van der Waals surface area contributed by atoms with Crippen LogP contribution in [0.3, 0.4) is 0 Å². The molecular formula is C20H35IN6O2S. The molecule has 30 heavy (non-hydrogen) atoms. The zero-order valence-electron chi connectivity index (χ0n) is 18.0. The fourth-order valence-corrected chi connectivity index (χ4v) is 5.08. The third-order valence-corrected chi connectivity index (χ3v) is 7.48. The van der Waals surface area contributed by atoms with Crippen molar-refractivity contribution in [3.05, 3.63) is 24.4 Å². The summed E-state index contributed by atoms with van der Waals surface area (Å²) in [6, 6.07) is 5.80. The van der Waals surface area contributed by atoms with Crippen molar-refractivity contribution in [3.63, 3.8) is 0 Å². The Morgan fingerprint density at radius 3 is 2.47 bits per heavy atom. The molecule has 0 saturated carbocycles. The molecule has 3 rings (SSSR count). The molecule has 2 saturated heterocycles. The Hall–Kier alpha value is -1.14. The van der Waals surface area contributed by atoms with Gasteiger partial charge >= 0.3 is 0 Å². The molecule has 10 heteroatoms. The van der Waals surface area contributed by atoms with Crippen LogP contribution in [0, 0.1) is 5.92 Å². The van der Waals surface area contributed by atoms with Gasteiger partial charge in [0.15, 0.2) is 5.96 Å². The Kier molecular flexibility index (Phi) is 10.1. The number of sulfonamides is 1. The number of aromatic nitrogens is 1. The van der Waals surface area contributed by atoms with E-state index in [0.717, 1.165) is 50.2 Å². The van der Waals surface area contributed by atoms with Gasteiger partial charge in [0.1, 0.15) is 5.82 Å². The van der Waals surface area contributed by atoms with Crippen molar-refractivity contribution >= 4 is 45.8 Å². The summed E-state index contributed by atoms with van der Waals surface area (Å²) in [5.41, 5.74) is 0. The molecule has 1 aromatic rings. The van der Waals surface area contributed by atoms with Gasteiger partial charge in [0.2, 0.25) is 10.0 Å². The molecule has 0 unspecified atom stereocenters. The Morgan fingerprint density at radius 1 is 1.17 bits per heavy atom. The number of anilines is 1. The second-order valence-electron chi connectivity index (χ2n) is 7.80. The fraction of sp³-hybridized carbons (Fsp3) is 0.700. The van der Waals surface area contributed by atoms with Gasteiger partial charge in [-0.15, -0.1) is 24.0 Å². The number of rotatable bonds is 6. The Morgan fingerprint density at radius 2 is 1.87 bits per heavy atom. The lowest BCUT2D eigenvalue weighted by molar-refractivity contribution is 0.273. The number of guanidine groups is 1. The summed E-state index contributed by atoms with van der Waals surface area (Å²) in [6.07, 6.45) is 4.08. The van der Waals surface area contributed by atoms with Crippen LogP contribution in [0.5, 0.6) is 0 Å². The number of hydrogen-bond donors (Lipinski definition) is 1. The molecule has 170 valence electrons. The van der Waals surface area contributed by atoms with Gasteiger partial charge in [-0.1, -0.05) is 13.0 Å². The number of piperazine rings is 1. The average Bonchev–Trinajstić information content (AvgIpc) is 2.74. The Balaban J connectivity index is 0.00000320. The molecule has 0 radical (unpaired) electrons. The summed E-state index contributed by atoms with van der Waals surface area (Å²) in [7, 11) is -3.31. The third kappa shape index (κ3) is 6.94. The zero-order valence-corrected chi connectivity index (χ0v) is 21.2. The summed E-state index contributed by atoms with van der Waals surface area (Å²) in [6.45, 7) is 9.66. The van der Waals surface area contributed by atoms with Crippen LogP contribution in [0.15, 0.2) is 29.4 Å². The van der Waals surface area contributed by atoms with Crippen LogP contribution >= 0.6 is 24.0 Å². The maximum Gasteiger partial charge on any atom is 0.216 e. The predicted molar refractivity (Wildman–Crippen MR) is 133 cm³/mol. The summed E-state index contributed by atoms with van der Waals surface area (Å²) >= 11 is 0. The number of halogens is 1. The molecule has 0 aromatic carbocycles. The number of piperidine rings is 1. The van der Waals surface area contributed by atoms with E-state index in [-0.39, 0.29) is 36.3 Å². The molecule has 0 aliphatic carbocycles. The quantitative estimate of drug-likeness (QED) is 0.331. The van der Waals surface area contributed by atoms with Crippen LogP contribution in [0.2, 0.25) is 0 Å². The Bertz CT molecular complexity index is 761. The molecular weight excluding hydrogens is 515 g/mol. The van der Waals surface area contributed by atoms with E-state index in [9.17, 15) is 8.42 Å². The highest BCUT2D eigenvalue weighted by Crippen LogP contribution is 2.17. The van der Waals surface area contributed by atoms with E-state index in [0.29, 0.717) is 26.2 Å². The highest BCUT2D eigenvalue weighted by Gasteiger charge is 2.27. The molecule has 0 bridgehead atoms. The molecule has 8 nitrogen and oxygen atoms in total. The molecule has 2 aliphatic rings. The van der Waals surface area contributed by atoms with Crippen molar-refractivity contribution in [2.45, 2.75) is 26.7 Å². The summed E-state index contributed by atoms with van der Waals surface area (Å²) < 4.78 is 27.1. The molecule has 0 amide bonds. The summed E-state index contributed by atoms with van der Waals surface area (Å²) in [5, 5.41) is 3.31. The monoisotopic (exact) mass is 550 g/mol. The first-order valence-electron chi connectivity index (χ1n) is 10.7. The predicted octanol–water partition coefficient (Wildman–Crippen LogP) is 1.85. The van der Waals surface area contributed by atoms with Gasteiger partial charge in [-0.3, -0.25) is 4.99 Å². The topological polar surface area (TPSA) is 81.1 Å². The molecule has 0 atom stereocenters. The molecule has 1 N–H and O–H groups in total. The van der Waals surface area contributed by atoms with Gasteiger partial charge in [0.05, 0.1) is 12.3 Å².